The first-order valence-corrected chi connectivity index (χ1v) is 14.4. The van der Waals surface area contributed by atoms with Gasteiger partial charge in [-0.2, -0.15) is 5.10 Å². The molecule has 2 aromatic carbocycles. The van der Waals surface area contributed by atoms with Crippen LogP contribution in [-0.2, 0) is 0 Å². The Morgan fingerprint density at radius 1 is 1.02 bits per heavy atom. The maximum Gasteiger partial charge on any atom is 0.404 e. The third kappa shape index (κ3) is 6.69. The molecular weight excluding hydrogens is 599 g/mol. The number of aryl methyl sites for hydroxylation is 1. The molecule has 0 saturated heterocycles. The van der Waals surface area contributed by atoms with Crippen molar-refractivity contribution in [3.05, 3.63) is 90.5 Å². The van der Waals surface area contributed by atoms with Crippen molar-refractivity contribution in [2.24, 2.45) is 0 Å². The van der Waals surface area contributed by atoms with Crippen LogP contribution in [0.1, 0.15) is 15.9 Å². The second kappa shape index (κ2) is 10.0. The summed E-state index contributed by atoms with van der Waals surface area (Å²) in [5.41, 5.74) is 2.97. The highest BCUT2D eigenvalue weighted by Crippen LogP contribution is 3.02. The smallest absolute Gasteiger partial charge is 0.404 e. The van der Waals surface area contributed by atoms with Gasteiger partial charge in [-0.1, -0.05) is 25.5 Å². The van der Waals surface area contributed by atoms with Gasteiger partial charge in [0, 0.05) is 53.7 Å². The highest BCUT2D eigenvalue weighted by molar-refractivity contribution is 8.45. The molecule has 0 atom stereocenters. The zero-order chi connectivity index (χ0) is 31.1. The predicted molar refractivity (Wildman–Crippen MR) is 150 cm³/mol. The predicted octanol–water partition coefficient (Wildman–Crippen LogP) is 7.05. The number of carbonyl (C=O) groups excluding carboxylic acids is 1. The first-order valence-electron chi connectivity index (χ1n) is 12.5. The lowest BCUT2D eigenvalue weighted by Gasteiger charge is -2.40. The number of amides is 2. The van der Waals surface area contributed by atoms with E-state index in [0.29, 0.717) is 17.0 Å². The van der Waals surface area contributed by atoms with Crippen LogP contribution in [0.3, 0.4) is 0 Å². The minimum atomic E-state index is -10.2. The molecule has 0 aliphatic carbocycles. The molecule has 3 heterocycles. The fraction of sp³-hybridized carbons (Fsp3) is 0.111. The van der Waals surface area contributed by atoms with Crippen molar-refractivity contribution in [3.63, 3.8) is 0 Å². The molecule has 0 unspecified atom stereocenters. The molecule has 5 rings (SSSR count). The quantitative estimate of drug-likeness (QED) is 0.120. The molecule has 0 spiro atoms. The first-order chi connectivity index (χ1) is 20.1. The van der Waals surface area contributed by atoms with E-state index in [1.165, 1.54) is 6.07 Å². The molecule has 0 bridgehead atoms. The number of hydrogen-bond acceptors (Lipinski definition) is 5. The summed E-state index contributed by atoms with van der Waals surface area (Å²) in [6.45, 7) is 1.01. The van der Waals surface area contributed by atoms with Crippen molar-refractivity contribution in [3.8, 4) is 22.7 Å². The fourth-order valence-corrected chi connectivity index (χ4v) is 4.91. The summed E-state index contributed by atoms with van der Waals surface area (Å²) in [7, 11) is -10.2. The number of aromatic nitrogens is 4. The molecular formula is C27H23F5N6O4S. The number of fused-ring (bicyclic) bond motifs is 1. The highest BCUT2D eigenvalue weighted by Gasteiger charge is 2.65. The number of benzene rings is 2. The van der Waals surface area contributed by atoms with Crippen molar-refractivity contribution < 1.29 is 38.9 Å². The molecule has 10 nitrogen and oxygen atoms in total. The lowest BCUT2D eigenvalue weighted by Crippen LogP contribution is -2.26. The monoisotopic (exact) mass is 622 g/mol. The number of ether oxygens (including phenoxy) is 1. The Hall–Kier alpha value is -5.12. The number of hydrogen-bond donors (Lipinski definition) is 3. The van der Waals surface area contributed by atoms with Crippen LogP contribution in [0.5, 0.6) is 5.75 Å². The number of nitrogens with one attached hydrogen (secondary N) is 2. The van der Waals surface area contributed by atoms with Crippen LogP contribution in [0.4, 0.5) is 29.9 Å². The Balaban J connectivity index is 1.45. The number of nitrogens with zero attached hydrogens (tertiary/aromatic N) is 4. The Morgan fingerprint density at radius 3 is 2.51 bits per heavy atom. The second-order valence-corrected chi connectivity index (χ2v) is 11.8. The number of halogens is 5. The maximum atomic E-state index is 13.7. The van der Waals surface area contributed by atoms with Crippen LogP contribution in [-0.4, -0.2) is 49.4 Å². The molecule has 16 heteroatoms. The minimum absolute atomic E-state index is 0.0517. The molecule has 0 radical (unpaired) electrons. The van der Waals surface area contributed by atoms with Gasteiger partial charge in [0.25, 0.3) is 5.91 Å². The van der Waals surface area contributed by atoms with E-state index in [1.54, 1.807) is 52.1 Å². The fourth-order valence-electron chi connectivity index (χ4n) is 4.23. The maximum absolute atomic E-state index is 13.7. The Bertz CT molecular complexity index is 1860. The molecule has 3 aromatic heterocycles. The summed E-state index contributed by atoms with van der Waals surface area (Å²) in [5, 5.41) is 17.5. The molecule has 5 aromatic rings. The van der Waals surface area contributed by atoms with Crippen LogP contribution >= 0.6 is 10.2 Å². The Labute approximate surface area is 240 Å². The number of anilines is 1. The summed E-state index contributed by atoms with van der Waals surface area (Å²) in [6.07, 6.45) is 5.36. The van der Waals surface area contributed by atoms with E-state index in [-0.39, 0.29) is 24.4 Å². The second-order valence-electron chi connectivity index (χ2n) is 9.44. The van der Waals surface area contributed by atoms with Crippen molar-refractivity contribution >= 4 is 33.6 Å². The Kier molecular flexibility index (Phi) is 6.84. The molecule has 0 fully saturated rings. The zero-order valence-corrected chi connectivity index (χ0v) is 23.0. The standard InChI is InChI=1S/C27H23F5N6O4S/c1-17-4-5-20(13-24(17)37-8-9-38-25(37)15-23(36-38)18-3-2-6-33-16-18)35-26(39)19-11-21(42-10-7-34-27(40)41)14-22(12-19)43(28,29,30,31)32/h2-6,8-9,11-16,34H,7,10H2,1H3,(H,35,39)(H,40,41). The molecule has 226 valence electrons. The van der Waals surface area contributed by atoms with Crippen molar-refractivity contribution in [2.45, 2.75) is 11.8 Å². The van der Waals surface area contributed by atoms with E-state index >= 15 is 0 Å². The van der Waals surface area contributed by atoms with Gasteiger partial charge >= 0.3 is 16.3 Å². The van der Waals surface area contributed by atoms with Gasteiger partial charge in [-0.3, -0.25) is 14.3 Å². The zero-order valence-electron chi connectivity index (χ0n) is 22.2. The molecule has 0 aliphatic rings. The summed E-state index contributed by atoms with van der Waals surface area (Å²) < 4.78 is 77.0. The lowest BCUT2D eigenvalue weighted by atomic mass is 10.1. The van der Waals surface area contributed by atoms with E-state index < -0.39 is 45.0 Å². The van der Waals surface area contributed by atoms with E-state index in [1.807, 2.05) is 24.4 Å². The lowest BCUT2D eigenvalue weighted by molar-refractivity contribution is 0.102. The van der Waals surface area contributed by atoms with Crippen LogP contribution in [0.25, 0.3) is 22.6 Å². The SMILES string of the molecule is Cc1ccc(NC(=O)c2cc(OCCNC(=O)O)cc(S(F)(F)(F)(F)F)c2)cc1-n1ccn2nc(-c3cccnc3)cc12. The topological polar surface area (TPSA) is 123 Å². The van der Waals surface area contributed by atoms with Crippen LogP contribution in [0.2, 0.25) is 0 Å². The summed E-state index contributed by atoms with van der Waals surface area (Å²) in [6, 6.07) is 11.2. The number of imidazole rings is 1. The average Bonchev–Trinajstić information content (AvgIpc) is 3.53. The highest BCUT2D eigenvalue weighted by atomic mass is 32.5. The third-order valence-corrected chi connectivity index (χ3v) is 7.36. The summed E-state index contributed by atoms with van der Waals surface area (Å²) >= 11 is 0. The molecule has 43 heavy (non-hydrogen) atoms. The van der Waals surface area contributed by atoms with Gasteiger partial charge in [-0.25, -0.2) is 9.31 Å². The van der Waals surface area contributed by atoms with Crippen molar-refractivity contribution in [1.29, 1.82) is 0 Å². The van der Waals surface area contributed by atoms with Crippen LogP contribution in [0.15, 0.2) is 84.3 Å². The number of carbonyl (C=O) groups is 2. The van der Waals surface area contributed by atoms with Crippen LogP contribution in [0, 0.1) is 6.92 Å². The Morgan fingerprint density at radius 2 is 1.81 bits per heavy atom. The molecule has 3 N–H and O–H groups in total. The van der Waals surface area contributed by atoms with Crippen LogP contribution < -0.4 is 15.4 Å². The summed E-state index contributed by atoms with van der Waals surface area (Å²) in [5.74, 6) is -1.79. The first kappa shape index (κ1) is 29.4. The van der Waals surface area contributed by atoms with E-state index in [4.69, 9.17) is 9.84 Å². The van der Waals surface area contributed by atoms with Gasteiger partial charge in [-0.05, 0) is 48.9 Å². The third-order valence-electron chi connectivity index (χ3n) is 6.24. The van der Waals surface area contributed by atoms with Crippen molar-refractivity contribution in [2.75, 3.05) is 18.5 Å². The average molecular weight is 623 g/mol. The van der Waals surface area contributed by atoms with Gasteiger partial charge < -0.3 is 20.5 Å². The van der Waals surface area contributed by atoms with Gasteiger partial charge in [0.1, 0.15) is 22.9 Å². The molecule has 0 aliphatic heterocycles. The summed E-state index contributed by atoms with van der Waals surface area (Å²) in [4.78, 5) is 25.4. The normalized spacial score (nSPS) is 13.3. The van der Waals surface area contributed by atoms with Gasteiger partial charge in [0.15, 0.2) is 0 Å². The van der Waals surface area contributed by atoms with Gasteiger partial charge in [-0.15, -0.1) is 0 Å². The number of carboxylic acid groups (broad SMARTS) is 1. The number of pyridine rings is 1. The van der Waals surface area contributed by atoms with Crippen molar-refractivity contribution in [1.82, 2.24) is 24.5 Å². The van der Waals surface area contributed by atoms with Gasteiger partial charge in [0.2, 0.25) is 0 Å². The van der Waals surface area contributed by atoms with E-state index in [0.717, 1.165) is 17.2 Å². The largest absolute Gasteiger partial charge is 0.492 e. The number of rotatable bonds is 9. The van der Waals surface area contributed by atoms with E-state index in [2.05, 4.69) is 15.4 Å². The van der Waals surface area contributed by atoms with E-state index in [9.17, 15) is 29.0 Å². The minimum Gasteiger partial charge on any atom is -0.492 e. The van der Waals surface area contributed by atoms with Gasteiger partial charge in [0.05, 0.1) is 17.9 Å². The molecule has 0 saturated carbocycles. The molecule has 2 amide bonds.